The van der Waals surface area contributed by atoms with Crippen molar-refractivity contribution in [2.45, 2.75) is 4.90 Å². The van der Waals surface area contributed by atoms with Gasteiger partial charge in [0.15, 0.2) is 4.90 Å². The number of rotatable bonds is 3. The van der Waals surface area contributed by atoms with Crippen LogP contribution in [0.4, 0.5) is 19.0 Å². The van der Waals surface area contributed by atoms with Gasteiger partial charge < -0.3 is 0 Å². The number of aromatic nitrogens is 1. The van der Waals surface area contributed by atoms with E-state index in [1.54, 1.807) is 0 Å². The summed E-state index contributed by atoms with van der Waals surface area (Å²) in [4.78, 5) is 2.33. The summed E-state index contributed by atoms with van der Waals surface area (Å²) < 4.78 is 65.2. The fraction of sp³-hybridized carbons (Fsp3) is 0. The van der Waals surface area contributed by atoms with Gasteiger partial charge in [-0.2, -0.15) is 0 Å². The van der Waals surface area contributed by atoms with Gasteiger partial charge in [0, 0.05) is 12.1 Å². The van der Waals surface area contributed by atoms with Gasteiger partial charge in [0.25, 0.3) is 10.0 Å². The Morgan fingerprint density at radius 2 is 1.70 bits per heavy atom. The summed E-state index contributed by atoms with van der Waals surface area (Å²) in [5.41, 5.74) is 0. The molecule has 0 spiro atoms. The third kappa shape index (κ3) is 3.02. The second-order valence-corrected chi connectivity index (χ2v) is 5.66. The SMILES string of the molecule is O=S(=O)(Nc1cccc(Cl)n1)c1c(F)cc(F)cc1F. The van der Waals surface area contributed by atoms with E-state index in [0.717, 1.165) is 0 Å². The van der Waals surface area contributed by atoms with Crippen molar-refractivity contribution in [3.05, 3.63) is 52.9 Å². The molecule has 0 unspecified atom stereocenters. The van der Waals surface area contributed by atoms with Crippen LogP contribution in [0.2, 0.25) is 5.15 Å². The Balaban J connectivity index is 2.46. The molecule has 1 aromatic heterocycles. The lowest BCUT2D eigenvalue weighted by atomic mass is 10.3. The van der Waals surface area contributed by atoms with Gasteiger partial charge in [-0.25, -0.2) is 26.6 Å². The van der Waals surface area contributed by atoms with Crippen molar-refractivity contribution in [3.8, 4) is 0 Å². The lowest BCUT2D eigenvalue weighted by Crippen LogP contribution is -2.17. The predicted octanol–water partition coefficient (Wildman–Crippen LogP) is 2.95. The largest absolute Gasteiger partial charge is 0.268 e. The topological polar surface area (TPSA) is 59.1 Å². The first-order chi connectivity index (χ1) is 9.29. The summed E-state index contributed by atoms with van der Waals surface area (Å²) in [7, 11) is -4.60. The standard InChI is InChI=1S/C11H6ClF3N2O2S/c12-9-2-1-3-10(16-9)17-20(18,19)11-7(14)4-6(13)5-8(11)15/h1-5H,(H,16,17). The van der Waals surface area contributed by atoms with E-state index < -0.39 is 32.4 Å². The van der Waals surface area contributed by atoms with Crippen LogP contribution < -0.4 is 4.72 Å². The van der Waals surface area contributed by atoms with Crippen LogP contribution in [-0.4, -0.2) is 13.4 Å². The van der Waals surface area contributed by atoms with Gasteiger partial charge in [-0.15, -0.1) is 0 Å². The highest BCUT2D eigenvalue weighted by molar-refractivity contribution is 7.92. The van der Waals surface area contributed by atoms with Crippen molar-refractivity contribution in [2.75, 3.05) is 4.72 Å². The molecule has 9 heteroatoms. The van der Waals surface area contributed by atoms with E-state index in [1.807, 2.05) is 4.72 Å². The molecule has 0 aliphatic rings. The van der Waals surface area contributed by atoms with Crippen molar-refractivity contribution < 1.29 is 21.6 Å². The molecule has 4 nitrogen and oxygen atoms in total. The minimum absolute atomic E-state index is 0.00903. The zero-order valence-corrected chi connectivity index (χ0v) is 11.1. The molecule has 2 aromatic rings. The first-order valence-corrected chi connectivity index (χ1v) is 6.95. The van der Waals surface area contributed by atoms with E-state index in [0.29, 0.717) is 0 Å². The molecule has 0 bridgehead atoms. The van der Waals surface area contributed by atoms with E-state index in [1.165, 1.54) is 18.2 Å². The molecule has 1 aromatic carbocycles. The number of pyridine rings is 1. The Kier molecular flexibility index (Phi) is 3.87. The highest BCUT2D eigenvalue weighted by Gasteiger charge is 2.25. The zero-order chi connectivity index (χ0) is 14.9. The minimum Gasteiger partial charge on any atom is -0.263 e. The number of nitrogens with zero attached hydrogens (tertiary/aromatic N) is 1. The van der Waals surface area contributed by atoms with Crippen LogP contribution in [0.1, 0.15) is 0 Å². The maximum atomic E-state index is 13.4. The molecule has 0 aliphatic heterocycles. The molecule has 20 heavy (non-hydrogen) atoms. The van der Waals surface area contributed by atoms with Crippen LogP contribution >= 0.6 is 11.6 Å². The molecule has 0 amide bonds. The van der Waals surface area contributed by atoms with E-state index in [9.17, 15) is 21.6 Å². The summed E-state index contributed by atoms with van der Waals surface area (Å²) in [6, 6.07) is 4.55. The number of halogens is 4. The maximum Gasteiger partial charge on any atom is 0.268 e. The van der Waals surface area contributed by atoms with E-state index in [4.69, 9.17) is 11.6 Å². The number of anilines is 1. The molecule has 2 rings (SSSR count). The molecule has 0 atom stereocenters. The van der Waals surface area contributed by atoms with E-state index in [-0.39, 0.29) is 23.1 Å². The fourth-order valence-corrected chi connectivity index (χ4v) is 2.73. The van der Waals surface area contributed by atoms with Crippen molar-refractivity contribution in [1.29, 1.82) is 0 Å². The molecule has 0 fully saturated rings. The fourth-order valence-electron chi connectivity index (χ4n) is 1.44. The van der Waals surface area contributed by atoms with Gasteiger partial charge in [0.05, 0.1) is 0 Å². The Morgan fingerprint density at radius 3 is 2.25 bits per heavy atom. The first kappa shape index (κ1) is 14.6. The summed E-state index contributed by atoms with van der Waals surface area (Å²) in [5.74, 6) is -4.53. The molecule has 0 saturated heterocycles. The summed E-state index contributed by atoms with van der Waals surface area (Å²) in [5, 5.41) is -0.00903. The van der Waals surface area contributed by atoms with Crippen molar-refractivity contribution in [1.82, 2.24) is 4.98 Å². The van der Waals surface area contributed by atoms with E-state index in [2.05, 4.69) is 4.98 Å². The van der Waals surface area contributed by atoms with Gasteiger partial charge in [-0.05, 0) is 12.1 Å². The van der Waals surface area contributed by atoms with Crippen molar-refractivity contribution in [3.63, 3.8) is 0 Å². The van der Waals surface area contributed by atoms with Crippen LogP contribution in [-0.2, 0) is 10.0 Å². The van der Waals surface area contributed by atoms with Gasteiger partial charge in [0.1, 0.15) is 28.4 Å². The van der Waals surface area contributed by atoms with Gasteiger partial charge >= 0.3 is 0 Å². The van der Waals surface area contributed by atoms with Crippen LogP contribution in [0, 0.1) is 17.5 Å². The smallest absolute Gasteiger partial charge is 0.263 e. The molecular formula is C11H6ClF3N2O2S. The molecule has 1 N–H and O–H groups in total. The first-order valence-electron chi connectivity index (χ1n) is 5.09. The van der Waals surface area contributed by atoms with Crippen LogP contribution in [0.25, 0.3) is 0 Å². The van der Waals surface area contributed by atoms with Crippen LogP contribution in [0.15, 0.2) is 35.2 Å². The van der Waals surface area contributed by atoms with Crippen molar-refractivity contribution in [2.24, 2.45) is 0 Å². The molecule has 0 saturated carbocycles. The lowest BCUT2D eigenvalue weighted by Gasteiger charge is -2.09. The Labute approximate surface area is 117 Å². The van der Waals surface area contributed by atoms with Crippen LogP contribution in [0.5, 0.6) is 0 Å². The minimum atomic E-state index is -4.60. The highest BCUT2D eigenvalue weighted by atomic mass is 35.5. The monoisotopic (exact) mass is 322 g/mol. The second-order valence-electron chi connectivity index (χ2n) is 3.65. The molecule has 0 radical (unpaired) electrons. The highest BCUT2D eigenvalue weighted by Crippen LogP contribution is 2.22. The Hall–Kier alpha value is -1.80. The molecule has 0 aliphatic carbocycles. The Morgan fingerprint density at radius 1 is 1.10 bits per heavy atom. The van der Waals surface area contributed by atoms with Crippen LogP contribution in [0.3, 0.4) is 0 Å². The maximum absolute atomic E-state index is 13.4. The van der Waals surface area contributed by atoms with Gasteiger partial charge in [0.2, 0.25) is 0 Å². The summed E-state index contributed by atoms with van der Waals surface area (Å²) in [6.45, 7) is 0. The second kappa shape index (κ2) is 5.29. The number of hydrogen-bond donors (Lipinski definition) is 1. The summed E-state index contributed by atoms with van der Waals surface area (Å²) in [6.07, 6.45) is 0. The van der Waals surface area contributed by atoms with Gasteiger partial charge in [-0.3, -0.25) is 4.72 Å². The zero-order valence-electron chi connectivity index (χ0n) is 9.57. The lowest BCUT2D eigenvalue weighted by molar-refractivity contribution is 0.498. The quantitative estimate of drug-likeness (QED) is 0.884. The van der Waals surface area contributed by atoms with E-state index >= 15 is 0 Å². The molecule has 1 heterocycles. The Bertz CT molecular complexity index is 745. The van der Waals surface area contributed by atoms with Crippen molar-refractivity contribution >= 4 is 27.4 Å². The number of sulfonamides is 1. The third-order valence-electron chi connectivity index (χ3n) is 2.19. The number of hydrogen-bond acceptors (Lipinski definition) is 3. The predicted molar refractivity (Wildman–Crippen MR) is 66.4 cm³/mol. The third-order valence-corrected chi connectivity index (χ3v) is 3.80. The number of benzene rings is 1. The van der Waals surface area contributed by atoms with Gasteiger partial charge in [-0.1, -0.05) is 17.7 Å². The molecule has 106 valence electrons. The number of nitrogens with one attached hydrogen (secondary N) is 1. The average molecular weight is 323 g/mol. The molecular weight excluding hydrogens is 317 g/mol. The average Bonchev–Trinajstić information content (AvgIpc) is 2.25. The summed E-state index contributed by atoms with van der Waals surface area (Å²) >= 11 is 5.56. The normalized spacial score (nSPS) is 11.4.